The molecule has 2 rings (SSSR count). The van der Waals surface area contributed by atoms with Crippen LogP contribution in [0.25, 0.3) is 11.4 Å². The smallest absolute Gasteiger partial charge is 0.241 e. The topological polar surface area (TPSA) is 76.3 Å². The second-order valence-corrected chi connectivity index (χ2v) is 6.56. The Balaban J connectivity index is 2.25. The number of hydrogen-bond acceptors (Lipinski definition) is 6. The Morgan fingerprint density at radius 2 is 1.84 bits per heavy atom. The zero-order valence-electron chi connectivity index (χ0n) is 11.0. The van der Waals surface area contributed by atoms with E-state index in [4.69, 9.17) is 4.52 Å². The van der Waals surface area contributed by atoms with Gasteiger partial charge in [-0.2, -0.15) is 4.98 Å². The minimum absolute atomic E-state index is 0.272. The molecular formula is C12H15N3O3S. The van der Waals surface area contributed by atoms with Crippen molar-refractivity contribution in [3.8, 4) is 11.4 Å². The van der Waals surface area contributed by atoms with Gasteiger partial charge in [-0.1, -0.05) is 5.16 Å². The lowest BCUT2D eigenvalue weighted by molar-refractivity contribution is 0.303. The Morgan fingerprint density at radius 3 is 2.37 bits per heavy atom. The van der Waals surface area contributed by atoms with Crippen LogP contribution in [0.15, 0.2) is 33.7 Å². The van der Waals surface area contributed by atoms with Crippen molar-refractivity contribution in [3.05, 3.63) is 30.2 Å². The first-order valence-electron chi connectivity index (χ1n) is 5.64. The minimum Gasteiger partial charge on any atom is -0.338 e. The van der Waals surface area contributed by atoms with Crippen molar-refractivity contribution in [2.45, 2.75) is 11.4 Å². The highest BCUT2D eigenvalue weighted by atomic mass is 32.2. The second kappa shape index (κ2) is 5.10. The molecule has 0 bridgehead atoms. The van der Waals surface area contributed by atoms with Crippen LogP contribution in [0, 0.1) is 0 Å². The van der Waals surface area contributed by atoms with Gasteiger partial charge in [-0.15, -0.1) is 0 Å². The first-order chi connectivity index (χ1) is 8.86. The molecule has 0 radical (unpaired) electrons. The fourth-order valence-electron chi connectivity index (χ4n) is 1.56. The molecular weight excluding hydrogens is 266 g/mol. The van der Waals surface area contributed by atoms with Gasteiger partial charge in [0.2, 0.25) is 11.7 Å². The van der Waals surface area contributed by atoms with Crippen molar-refractivity contribution in [2.75, 3.05) is 20.4 Å². The first kappa shape index (κ1) is 13.7. The summed E-state index contributed by atoms with van der Waals surface area (Å²) in [5.74, 6) is 0.976. The second-order valence-electron chi connectivity index (χ2n) is 4.55. The van der Waals surface area contributed by atoms with E-state index in [1.807, 2.05) is 19.0 Å². The van der Waals surface area contributed by atoms with Crippen LogP contribution in [0.2, 0.25) is 0 Å². The number of sulfone groups is 1. The molecule has 0 fully saturated rings. The molecule has 0 spiro atoms. The molecule has 0 amide bonds. The number of benzene rings is 1. The monoisotopic (exact) mass is 281 g/mol. The number of hydrogen-bond donors (Lipinski definition) is 0. The van der Waals surface area contributed by atoms with Crippen LogP contribution in [0.4, 0.5) is 0 Å². The molecule has 0 saturated heterocycles. The molecule has 1 aromatic carbocycles. The van der Waals surface area contributed by atoms with E-state index >= 15 is 0 Å². The van der Waals surface area contributed by atoms with Gasteiger partial charge in [0.25, 0.3) is 0 Å². The van der Waals surface area contributed by atoms with Gasteiger partial charge in [0, 0.05) is 11.8 Å². The van der Waals surface area contributed by atoms with E-state index in [9.17, 15) is 8.42 Å². The average molecular weight is 281 g/mol. The molecule has 2 aromatic rings. The van der Waals surface area contributed by atoms with Crippen LogP contribution in [-0.4, -0.2) is 43.8 Å². The van der Waals surface area contributed by atoms with Crippen molar-refractivity contribution in [3.63, 3.8) is 0 Å². The molecule has 0 unspecified atom stereocenters. The zero-order chi connectivity index (χ0) is 14.0. The third-order valence-corrected chi connectivity index (χ3v) is 3.59. The standard InChI is InChI=1S/C12H15N3O3S/c1-15(2)8-11-13-12(14-18-11)9-4-6-10(7-5-9)19(3,16)17/h4-7H,8H2,1-3H3. The lowest BCUT2D eigenvalue weighted by Crippen LogP contribution is -2.10. The molecule has 0 saturated carbocycles. The molecule has 102 valence electrons. The van der Waals surface area contributed by atoms with Crippen LogP contribution >= 0.6 is 0 Å². The molecule has 1 aromatic heterocycles. The number of nitrogens with zero attached hydrogens (tertiary/aromatic N) is 3. The molecule has 0 aliphatic carbocycles. The predicted octanol–water partition coefficient (Wildman–Crippen LogP) is 1.20. The maximum atomic E-state index is 11.4. The summed E-state index contributed by atoms with van der Waals surface area (Å²) in [7, 11) is 0.632. The SMILES string of the molecule is CN(C)Cc1nc(-c2ccc(S(C)(=O)=O)cc2)no1. The quantitative estimate of drug-likeness (QED) is 0.838. The highest BCUT2D eigenvalue weighted by molar-refractivity contribution is 7.90. The molecule has 0 aliphatic heterocycles. The van der Waals surface area contributed by atoms with E-state index in [0.717, 1.165) is 5.56 Å². The maximum Gasteiger partial charge on any atom is 0.241 e. The lowest BCUT2D eigenvalue weighted by Gasteiger charge is -2.03. The molecule has 6 nitrogen and oxygen atoms in total. The van der Waals surface area contributed by atoms with Gasteiger partial charge in [0.1, 0.15) is 0 Å². The first-order valence-corrected chi connectivity index (χ1v) is 7.53. The molecule has 19 heavy (non-hydrogen) atoms. The normalized spacial score (nSPS) is 12.0. The van der Waals surface area contributed by atoms with E-state index < -0.39 is 9.84 Å². The summed E-state index contributed by atoms with van der Waals surface area (Å²) < 4.78 is 27.8. The summed E-state index contributed by atoms with van der Waals surface area (Å²) in [6.45, 7) is 0.564. The van der Waals surface area contributed by atoms with Gasteiger partial charge >= 0.3 is 0 Å². The maximum absolute atomic E-state index is 11.4. The third kappa shape index (κ3) is 3.39. The van der Waals surface area contributed by atoms with E-state index in [2.05, 4.69) is 10.1 Å². The highest BCUT2D eigenvalue weighted by Gasteiger charge is 2.11. The predicted molar refractivity (Wildman–Crippen MR) is 70.2 cm³/mol. The minimum atomic E-state index is -3.18. The van der Waals surface area contributed by atoms with Crippen molar-refractivity contribution >= 4 is 9.84 Å². The zero-order valence-corrected chi connectivity index (χ0v) is 11.8. The summed E-state index contributed by atoms with van der Waals surface area (Å²) in [4.78, 5) is 6.44. The largest absolute Gasteiger partial charge is 0.338 e. The Morgan fingerprint density at radius 1 is 1.21 bits per heavy atom. The van der Waals surface area contributed by atoms with E-state index in [1.165, 1.54) is 18.4 Å². The van der Waals surface area contributed by atoms with E-state index in [-0.39, 0.29) is 4.90 Å². The summed E-state index contributed by atoms with van der Waals surface area (Å²) in [6, 6.07) is 6.40. The number of rotatable bonds is 4. The fraction of sp³-hybridized carbons (Fsp3) is 0.333. The van der Waals surface area contributed by atoms with Crippen LogP contribution in [-0.2, 0) is 16.4 Å². The van der Waals surface area contributed by atoms with Crippen molar-refractivity contribution < 1.29 is 12.9 Å². The van der Waals surface area contributed by atoms with Gasteiger partial charge in [-0.25, -0.2) is 8.42 Å². The Kier molecular flexibility index (Phi) is 3.68. The number of aromatic nitrogens is 2. The highest BCUT2D eigenvalue weighted by Crippen LogP contribution is 2.18. The lowest BCUT2D eigenvalue weighted by atomic mass is 10.2. The van der Waals surface area contributed by atoms with Crippen molar-refractivity contribution in [1.82, 2.24) is 15.0 Å². The molecule has 7 heteroatoms. The van der Waals surface area contributed by atoms with Crippen molar-refractivity contribution in [2.24, 2.45) is 0 Å². The van der Waals surface area contributed by atoms with Crippen molar-refractivity contribution in [1.29, 1.82) is 0 Å². The van der Waals surface area contributed by atoms with Gasteiger partial charge in [-0.05, 0) is 38.4 Å². The van der Waals surface area contributed by atoms with E-state index in [1.54, 1.807) is 12.1 Å². The summed E-state index contributed by atoms with van der Waals surface area (Å²) >= 11 is 0. The Hall–Kier alpha value is -1.73. The van der Waals surface area contributed by atoms with Crippen LogP contribution in [0.1, 0.15) is 5.89 Å². The molecule has 0 N–H and O–H groups in total. The van der Waals surface area contributed by atoms with Gasteiger partial charge in [0.15, 0.2) is 9.84 Å². The molecule has 1 heterocycles. The van der Waals surface area contributed by atoms with Crippen LogP contribution in [0.3, 0.4) is 0 Å². The van der Waals surface area contributed by atoms with Gasteiger partial charge in [0.05, 0.1) is 11.4 Å². The molecule has 0 aliphatic rings. The van der Waals surface area contributed by atoms with Gasteiger partial charge < -0.3 is 9.42 Å². The fourth-order valence-corrected chi connectivity index (χ4v) is 2.19. The Bertz CT molecular complexity index is 660. The Labute approximate surface area is 112 Å². The van der Waals surface area contributed by atoms with Gasteiger partial charge in [-0.3, -0.25) is 0 Å². The van der Waals surface area contributed by atoms with Crippen LogP contribution in [0.5, 0.6) is 0 Å². The average Bonchev–Trinajstić information content (AvgIpc) is 2.75. The summed E-state index contributed by atoms with van der Waals surface area (Å²) in [6.07, 6.45) is 1.17. The van der Waals surface area contributed by atoms with E-state index in [0.29, 0.717) is 18.3 Å². The summed E-state index contributed by atoms with van der Waals surface area (Å²) in [5.41, 5.74) is 0.723. The molecule has 0 atom stereocenters. The summed E-state index contributed by atoms with van der Waals surface area (Å²) in [5, 5.41) is 3.87. The third-order valence-electron chi connectivity index (χ3n) is 2.46. The van der Waals surface area contributed by atoms with Crippen LogP contribution < -0.4 is 0 Å².